The van der Waals surface area contributed by atoms with Crippen LogP contribution in [0.5, 0.6) is 0 Å². The second-order valence-electron chi connectivity index (χ2n) is 5.68. The fourth-order valence-electron chi connectivity index (χ4n) is 2.64. The summed E-state index contributed by atoms with van der Waals surface area (Å²) < 4.78 is 0. The van der Waals surface area contributed by atoms with Crippen molar-refractivity contribution in [3.8, 4) is 0 Å². The molecule has 22 heavy (non-hydrogen) atoms. The molecule has 0 saturated carbocycles. The summed E-state index contributed by atoms with van der Waals surface area (Å²) in [4.78, 5) is 36.4. The lowest BCUT2D eigenvalue weighted by molar-refractivity contribution is -0.130. The molecule has 1 aliphatic rings. The molecular weight excluding hydrogens is 280 g/mol. The van der Waals surface area contributed by atoms with E-state index in [0.29, 0.717) is 18.7 Å². The van der Waals surface area contributed by atoms with Crippen LogP contribution in [0.1, 0.15) is 50.0 Å². The second kappa shape index (κ2) is 7.87. The summed E-state index contributed by atoms with van der Waals surface area (Å²) in [6, 6.07) is 0.0703. The molecular formula is C16H24N4O2. The Morgan fingerprint density at radius 3 is 2.64 bits per heavy atom. The van der Waals surface area contributed by atoms with E-state index in [9.17, 15) is 9.59 Å². The van der Waals surface area contributed by atoms with E-state index < -0.39 is 0 Å². The molecule has 2 amide bonds. The summed E-state index contributed by atoms with van der Waals surface area (Å²) in [5, 5.41) is 0. The SMILES string of the molecule is CCC(C)N(CCC(=O)N1CCCC1)C(=O)c1cnccn1. The number of nitrogens with zero attached hydrogens (tertiary/aromatic N) is 4. The first-order valence-corrected chi connectivity index (χ1v) is 7.98. The molecule has 1 saturated heterocycles. The van der Waals surface area contributed by atoms with Crippen LogP contribution in [-0.2, 0) is 4.79 Å². The van der Waals surface area contributed by atoms with Crippen molar-refractivity contribution in [3.05, 3.63) is 24.3 Å². The average molecular weight is 304 g/mol. The van der Waals surface area contributed by atoms with Gasteiger partial charge in [0.05, 0.1) is 6.20 Å². The standard InChI is InChI=1S/C16H24N4O2/c1-3-13(2)20(16(22)14-12-17-7-8-18-14)11-6-15(21)19-9-4-5-10-19/h7-8,12-13H,3-6,9-11H2,1-2H3. The van der Waals surface area contributed by atoms with Crippen LogP contribution in [0.3, 0.4) is 0 Å². The van der Waals surface area contributed by atoms with Gasteiger partial charge in [-0.3, -0.25) is 14.6 Å². The summed E-state index contributed by atoms with van der Waals surface area (Å²) in [6.45, 7) is 6.15. The maximum absolute atomic E-state index is 12.6. The molecule has 120 valence electrons. The van der Waals surface area contributed by atoms with E-state index in [-0.39, 0.29) is 17.9 Å². The maximum Gasteiger partial charge on any atom is 0.274 e. The van der Waals surface area contributed by atoms with Gasteiger partial charge in [0.1, 0.15) is 5.69 Å². The Morgan fingerprint density at radius 1 is 1.32 bits per heavy atom. The highest BCUT2D eigenvalue weighted by molar-refractivity contribution is 5.92. The van der Waals surface area contributed by atoms with E-state index in [2.05, 4.69) is 9.97 Å². The smallest absolute Gasteiger partial charge is 0.274 e. The molecule has 0 spiro atoms. The van der Waals surface area contributed by atoms with Gasteiger partial charge in [0.2, 0.25) is 5.91 Å². The van der Waals surface area contributed by atoms with Crippen LogP contribution in [0.15, 0.2) is 18.6 Å². The fraction of sp³-hybridized carbons (Fsp3) is 0.625. The Hall–Kier alpha value is -1.98. The molecule has 1 aromatic rings. The molecule has 1 aromatic heterocycles. The van der Waals surface area contributed by atoms with Crippen molar-refractivity contribution in [2.24, 2.45) is 0 Å². The molecule has 0 bridgehead atoms. The lowest BCUT2D eigenvalue weighted by Crippen LogP contribution is -2.41. The van der Waals surface area contributed by atoms with Crippen molar-refractivity contribution < 1.29 is 9.59 Å². The number of rotatable bonds is 6. The molecule has 1 fully saturated rings. The third-order valence-electron chi connectivity index (χ3n) is 4.19. The van der Waals surface area contributed by atoms with Crippen LogP contribution in [0, 0.1) is 0 Å². The highest BCUT2D eigenvalue weighted by Gasteiger charge is 2.24. The molecule has 0 aromatic carbocycles. The van der Waals surface area contributed by atoms with Gasteiger partial charge < -0.3 is 9.80 Å². The quantitative estimate of drug-likeness (QED) is 0.803. The number of hydrogen-bond donors (Lipinski definition) is 0. The molecule has 6 heteroatoms. The van der Waals surface area contributed by atoms with Gasteiger partial charge in [0, 0.05) is 44.5 Å². The van der Waals surface area contributed by atoms with Crippen molar-refractivity contribution in [1.29, 1.82) is 0 Å². The van der Waals surface area contributed by atoms with Crippen molar-refractivity contribution >= 4 is 11.8 Å². The van der Waals surface area contributed by atoms with Gasteiger partial charge in [-0.15, -0.1) is 0 Å². The van der Waals surface area contributed by atoms with Crippen LogP contribution >= 0.6 is 0 Å². The highest BCUT2D eigenvalue weighted by atomic mass is 16.2. The Kier molecular flexibility index (Phi) is 5.86. The van der Waals surface area contributed by atoms with Crippen LogP contribution < -0.4 is 0 Å². The Bertz CT molecular complexity index is 500. The molecule has 0 radical (unpaired) electrons. The van der Waals surface area contributed by atoms with Crippen LogP contribution in [-0.4, -0.2) is 57.3 Å². The topological polar surface area (TPSA) is 66.4 Å². The van der Waals surface area contributed by atoms with E-state index in [0.717, 1.165) is 32.4 Å². The average Bonchev–Trinajstić information content (AvgIpc) is 3.09. The largest absolute Gasteiger partial charge is 0.343 e. The number of hydrogen-bond acceptors (Lipinski definition) is 4. The number of aromatic nitrogens is 2. The minimum Gasteiger partial charge on any atom is -0.343 e. The zero-order chi connectivity index (χ0) is 15.9. The Balaban J connectivity index is 2.00. The monoisotopic (exact) mass is 304 g/mol. The number of amides is 2. The number of carbonyl (C=O) groups excluding carboxylic acids is 2. The van der Waals surface area contributed by atoms with Crippen LogP contribution in [0.2, 0.25) is 0 Å². The molecule has 6 nitrogen and oxygen atoms in total. The van der Waals surface area contributed by atoms with Gasteiger partial charge in [-0.05, 0) is 26.2 Å². The van der Waals surface area contributed by atoms with E-state index in [1.165, 1.54) is 12.4 Å². The first-order chi connectivity index (χ1) is 10.6. The van der Waals surface area contributed by atoms with E-state index in [4.69, 9.17) is 0 Å². The molecule has 1 atom stereocenters. The first kappa shape index (κ1) is 16.4. The maximum atomic E-state index is 12.6. The van der Waals surface area contributed by atoms with E-state index in [1.54, 1.807) is 11.1 Å². The minimum atomic E-state index is -0.156. The predicted octanol–water partition coefficient (Wildman–Crippen LogP) is 1.73. The summed E-state index contributed by atoms with van der Waals surface area (Å²) in [5.41, 5.74) is 0.330. The van der Waals surface area contributed by atoms with Crippen molar-refractivity contribution in [1.82, 2.24) is 19.8 Å². The lowest BCUT2D eigenvalue weighted by atomic mass is 10.2. The minimum absolute atomic E-state index is 0.0703. The normalized spacial score (nSPS) is 15.6. The summed E-state index contributed by atoms with van der Waals surface area (Å²) in [5.74, 6) is -0.0191. The Labute approximate surface area is 131 Å². The van der Waals surface area contributed by atoms with Gasteiger partial charge >= 0.3 is 0 Å². The summed E-state index contributed by atoms with van der Waals surface area (Å²) in [6.07, 6.45) is 7.90. The molecule has 1 unspecified atom stereocenters. The lowest BCUT2D eigenvalue weighted by Gasteiger charge is -2.28. The van der Waals surface area contributed by atoms with Gasteiger partial charge in [0.25, 0.3) is 5.91 Å². The van der Waals surface area contributed by atoms with Gasteiger partial charge in [-0.1, -0.05) is 6.92 Å². The summed E-state index contributed by atoms with van der Waals surface area (Å²) in [7, 11) is 0. The second-order valence-corrected chi connectivity index (χ2v) is 5.68. The summed E-state index contributed by atoms with van der Waals surface area (Å²) >= 11 is 0. The van der Waals surface area contributed by atoms with Crippen molar-refractivity contribution in [2.75, 3.05) is 19.6 Å². The van der Waals surface area contributed by atoms with E-state index in [1.807, 2.05) is 18.7 Å². The van der Waals surface area contributed by atoms with Crippen molar-refractivity contribution in [3.63, 3.8) is 0 Å². The number of likely N-dealkylation sites (tertiary alicyclic amines) is 1. The van der Waals surface area contributed by atoms with E-state index >= 15 is 0 Å². The Morgan fingerprint density at radius 2 is 2.05 bits per heavy atom. The highest BCUT2D eigenvalue weighted by Crippen LogP contribution is 2.13. The first-order valence-electron chi connectivity index (χ1n) is 7.98. The molecule has 0 N–H and O–H groups in total. The zero-order valence-corrected chi connectivity index (χ0v) is 13.4. The van der Waals surface area contributed by atoms with Gasteiger partial charge in [-0.25, -0.2) is 4.98 Å². The molecule has 0 aliphatic carbocycles. The molecule has 1 aliphatic heterocycles. The van der Waals surface area contributed by atoms with Gasteiger partial charge in [-0.2, -0.15) is 0 Å². The molecule has 2 heterocycles. The predicted molar refractivity (Wildman–Crippen MR) is 83.3 cm³/mol. The van der Waals surface area contributed by atoms with Crippen molar-refractivity contribution in [2.45, 2.75) is 45.6 Å². The zero-order valence-electron chi connectivity index (χ0n) is 13.4. The van der Waals surface area contributed by atoms with Gasteiger partial charge in [0.15, 0.2) is 0 Å². The van der Waals surface area contributed by atoms with Crippen LogP contribution in [0.25, 0.3) is 0 Å². The van der Waals surface area contributed by atoms with Crippen LogP contribution in [0.4, 0.5) is 0 Å². The third-order valence-corrected chi connectivity index (χ3v) is 4.19. The number of carbonyl (C=O) groups is 2. The molecule has 2 rings (SSSR count). The third kappa shape index (κ3) is 4.02. The fourth-order valence-corrected chi connectivity index (χ4v) is 2.64.